The first-order chi connectivity index (χ1) is 8.62. The van der Waals surface area contributed by atoms with Gasteiger partial charge in [-0.1, -0.05) is 25.1 Å². The molecule has 4 heteroatoms. The number of hydrogen-bond acceptors (Lipinski definition) is 2. The molecule has 100 valence electrons. The molecular weight excluding hydrogens is 244 g/mol. The van der Waals surface area contributed by atoms with Gasteiger partial charge in [0.2, 0.25) is 5.91 Å². The number of rotatable bonds is 4. The lowest BCUT2D eigenvalue weighted by Gasteiger charge is -2.39. The maximum Gasteiger partial charge on any atom is 0.233 e. The van der Waals surface area contributed by atoms with Crippen molar-refractivity contribution in [2.75, 3.05) is 6.54 Å². The number of fused-ring (bicyclic) bond motifs is 2. The van der Waals surface area contributed by atoms with Crippen LogP contribution in [-0.4, -0.2) is 17.4 Å². The summed E-state index contributed by atoms with van der Waals surface area (Å²) in [6.07, 6.45) is 8.22. The van der Waals surface area contributed by atoms with Crippen LogP contribution < -0.4 is 11.1 Å². The van der Waals surface area contributed by atoms with Gasteiger partial charge in [-0.25, -0.2) is 0 Å². The Labute approximate surface area is 114 Å². The number of carbonyl (C=O) groups is 1. The van der Waals surface area contributed by atoms with Crippen molar-refractivity contribution in [3.63, 3.8) is 0 Å². The molecule has 3 aliphatic carbocycles. The lowest BCUT2D eigenvalue weighted by molar-refractivity contribution is -0.131. The standard InChI is InChI=1S/C14H22N2OS/c15-12(18)14(4-1-5-14)13(17)16-8-11-7-9-2-3-10(11)6-9/h9-11H,1-8H2,(H2,15,18)(H,16,17). The van der Waals surface area contributed by atoms with Crippen LogP contribution in [0.2, 0.25) is 0 Å². The van der Waals surface area contributed by atoms with Crippen molar-refractivity contribution in [1.29, 1.82) is 0 Å². The summed E-state index contributed by atoms with van der Waals surface area (Å²) in [6, 6.07) is 0. The van der Waals surface area contributed by atoms with Crippen molar-refractivity contribution in [3.8, 4) is 0 Å². The third-order valence-electron chi connectivity index (χ3n) is 5.52. The zero-order valence-electron chi connectivity index (χ0n) is 10.8. The molecule has 0 aromatic carbocycles. The minimum atomic E-state index is -0.507. The van der Waals surface area contributed by atoms with E-state index in [2.05, 4.69) is 5.32 Å². The molecule has 2 bridgehead atoms. The van der Waals surface area contributed by atoms with Gasteiger partial charge in [0, 0.05) is 6.54 Å². The van der Waals surface area contributed by atoms with Crippen LogP contribution in [0.15, 0.2) is 0 Å². The van der Waals surface area contributed by atoms with Crippen LogP contribution in [0.1, 0.15) is 44.9 Å². The van der Waals surface area contributed by atoms with Crippen molar-refractivity contribution < 1.29 is 4.79 Å². The molecule has 3 unspecified atom stereocenters. The van der Waals surface area contributed by atoms with Gasteiger partial charge in [0.1, 0.15) is 0 Å². The molecule has 0 radical (unpaired) electrons. The summed E-state index contributed by atoms with van der Waals surface area (Å²) in [4.78, 5) is 12.7. The van der Waals surface area contributed by atoms with Gasteiger partial charge in [0.15, 0.2) is 0 Å². The highest BCUT2D eigenvalue weighted by Crippen LogP contribution is 2.48. The molecule has 3 nitrogen and oxygen atoms in total. The van der Waals surface area contributed by atoms with E-state index in [1.807, 2.05) is 0 Å². The van der Waals surface area contributed by atoms with Crippen molar-refractivity contribution in [3.05, 3.63) is 0 Å². The minimum absolute atomic E-state index is 0.0871. The number of nitrogens with one attached hydrogen (secondary N) is 1. The molecule has 0 aromatic rings. The van der Waals surface area contributed by atoms with Crippen molar-refractivity contribution >= 4 is 23.1 Å². The normalized spacial score (nSPS) is 36.1. The topological polar surface area (TPSA) is 55.1 Å². The fourth-order valence-corrected chi connectivity index (χ4v) is 4.43. The van der Waals surface area contributed by atoms with Crippen molar-refractivity contribution in [2.45, 2.75) is 44.9 Å². The Hall–Kier alpha value is -0.640. The maximum atomic E-state index is 12.3. The largest absolute Gasteiger partial charge is 0.392 e. The Morgan fingerprint density at radius 3 is 2.56 bits per heavy atom. The van der Waals surface area contributed by atoms with Gasteiger partial charge in [-0.3, -0.25) is 4.79 Å². The molecule has 0 aromatic heterocycles. The zero-order valence-corrected chi connectivity index (χ0v) is 11.6. The number of thiocarbonyl (C=S) groups is 1. The molecule has 18 heavy (non-hydrogen) atoms. The highest BCUT2D eigenvalue weighted by atomic mass is 32.1. The molecule has 3 saturated carbocycles. The van der Waals surface area contributed by atoms with Crippen LogP contribution in [-0.2, 0) is 4.79 Å². The third kappa shape index (κ3) is 1.85. The zero-order chi connectivity index (χ0) is 12.8. The van der Waals surface area contributed by atoms with E-state index < -0.39 is 5.41 Å². The van der Waals surface area contributed by atoms with E-state index in [0.717, 1.165) is 37.6 Å². The van der Waals surface area contributed by atoms with Crippen molar-refractivity contribution in [1.82, 2.24) is 5.32 Å². The number of hydrogen-bond donors (Lipinski definition) is 2. The quantitative estimate of drug-likeness (QED) is 0.765. The van der Waals surface area contributed by atoms with Gasteiger partial charge in [0.05, 0.1) is 10.4 Å². The minimum Gasteiger partial charge on any atom is -0.392 e. The first kappa shape index (κ1) is 12.4. The van der Waals surface area contributed by atoms with E-state index in [-0.39, 0.29) is 5.91 Å². The van der Waals surface area contributed by atoms with Crippen LogP contribution >= 0.6 is 12.2 Å². The number of nitrogens with two attached hydrogens (primary N) is 1. The van der Waals surface area contributed by atoms with E-state index in [1.54, 1.807) is 0 Å². The monoisotopic (exact) mass is 266 g/mol. The Morgan fingerprint density at radius 1 is 1.33 bits per heavy atom. The van der Waals surface area contributed by atoms with Gasteiger partial charge in [-0.2, -0.15) is 0 Å². The van der Waals surface area contributed by atoms with Gasteiger partial charge < -0.3 is 11.1 Å². The van der Waals surface area contributed by atoms with Crippen LogP contribution in [0.25, 0.3) is 0 Å². The van der Waals surface area contributed by atoms with Crippen LogP contribution in [0.4, 0.5) is 0 Å². The molecule has 3 N–H and O–H groups in total. The van der Waals surface area contributed by atoms with Gasteiger partial charge >= 0.3 is 0 Å². The Bertz CT molecular complexity index is 378. The van der Waals surface area contributed by atoms with E-state index in [4.69, 9.17) is 18.0 Å². The number of amides is 1. The number of carbonyl (C=O) groups excluding carboxylic acids is 1. The molecule has 0 saturated heterocycles. The fraction of sp³-hybridized carbons (Fsp3) is 0.857. The summed E-state index contributed by atoms with van der Waals surface area (Å²) in [6.45, 7) is 0.838. The Kier molecular flexibility index (Phi) is 3.08. The summed E-state index contributed by atoms with van der Waals surface area (Å²) in [5.74, 6) is 2.59. The summed E-state index contributed by atoms with van der Waals surface area (Å²) < 4.78 is 0. The second-order valence-corrected chi connectivity index (χ2v) is 6.88. The summed E-state index contributed by atoms with van der Waals surface area (Å²) in [5, 5.41) is 3.13. The van der Waals surface area contributed by atoms with E-state index in [1.165, 1.54) is 25.7 Å². The molecular formula is C14H22N2OS. The van der Waals surface area contributed by atoms with Crippen molar-refractivity contribution in [2.24, 2.45) is 28.9 Å². The predicted octanol–water partition coefficient (Wildman–Crippen LogP) is 2.00. The second-order valence-electron chi connectivity index (χ2n) is 6.44. The van der Waals surface area contributed by atoms with Gasteiger partial charge in [-0.05, 0) is 49.9 Å². The molecule has 3 rings (SSSR count). The van der Waals surface area contributed by atoms with Crippen LogP contribution in [0, 0.1) is 23.2 Å². The smallest absolute Gasteiger partial charge is 0.233 e. The maximum absolute atomic E-state index is 12.3. The van der Waals surface area contributed by atoms with Crippen LogP contribution in [0.5, 0.6) is 0 Å². The Balaban J connectivity index is 1.54. The fourth-order valence-electron chi connectivity index (χ4n) is 4.14. The van der Waals surface area contributed by atoms with Gasteiger partial charge in [-0.15, -0.1) is 0 Å². The molecule has 3 atom stereocenters. The average Bonchev–Trinajstić information content (AvgIpc) is 2.85. The molecule has 3 aliphatic rings. The summed E-state index contributed by atoms with van der Waals surface area (Å²) >= 11 is 5.08. The highest BCUT2D eigenvalue weighted by Gasteiger charge is 2.47. The van der Waals surface area contributed by atoms with Gasteiger partial charge in [0.25, 0.3) is 0 Å². The molecule has 3 fully saturated rings. The second kappa shape index (κ2) is 4.48. The third-order valence-corrected chi connectivity index (χ3v) is 5.91. The van der Waals surface area contributed by atoms with E-state index in [9.17, 15) is 4.79 Å². The SMILES string of the molecule is NC(=S)C1(C(=O)NCC2CC3CCC2C3)CCC1. The first-order valence-corrected chi connectivity index (χ1v) is 7.61. The lowest BCUT2D eigenvalue weighted by Crippen LogP contribution is -2.53. The lowest BCUT2D eigenvalue weighted by atomic mass is 9.68. The predicted molar refractivity (Wildman–Crippen MR) is 75.0 cm³/mol. The average molecular weight is 266 g/mol. The van der Waals surface area contributed by atoms with E-state index in [0.29, 0.717) is 10.9 Å². The molecule has 0 spiro atoms. The molecule has 0 aliphatic heterocycles. The summed E-state index contributed by atoms with van der Waals surface area (Å²) in [5.41, 5.74) is 5.24. The highest BCUT2D eigenvalue weighted by molar-refractivity contribution is 7.80. The molecule has 1 amide bonds. The molecule has 0 heterocycles. The first-order valence-electron chi connectivity index (χ1n) is 7.20. The summed E-state index contributed by atoms with van der Waals surface area (Å²) in [7, 11) is 0. The van der Waals surface area contributed by atoms with E-state index >= 15 is 0 Å². The Morgan fingerprint density at radius 2 is 2.11 bits per heavy atom. The van der Waals surface area contributed by atoms with Crippen LogP contribution in [0.3, 0.4) is 0 Å².